The molecule has 9 heteroatoms. The van der Waals surface area contributed by atoms with Gasteiger partial charge in [-0.15, -0.1) is 0 Å². The predicted octanol–water partition coefficient (Wildman–Crippen LogP) is 7.17. The zero-order chi connectivity index (χ0) is 32.7. The monoisotopic (exact) mass is 625 g/mol. The van der Waals surface area contributed by atoms with Crippen molar-refractivity contribution >= 4 is 39.5 Å². The van der Waals surface area contributed by atoms with Crippen molar-refractivity contribution in [3.05, 3.63) is 131 Å². The summed E-state index contributed by atoms with van der Waals surface area (Å²) >= 11 is 0. The lowest BCUT2D eigenvalue weighted by Gasteiger charge is -2.36. The van der Waals surface area contributed by atoms with Gasteiger partial charge in [-0.3, -0.25) is 25.2 Å². The molecule has 1 aliphatic rings. The van der Waals surface area contributed by atoms with Gasteiger partial charge in [0.15, 0.2) is 0 Å². The quantitative estimate of drug-likeness (QED) is 0.134. The van der Waals surface area contributed by atoms with Crippen molar-refractivity contribution in [1.29, 1.82) is 0 Å². The molecule has 3 amide bonds. The summed E-state index contributed by atoms with van der Waals surface area (Å²) in [6.45, 7) is 5.94. The first-order valence-corrected chi connectivity index (χ1v) is 15.8. The number of nitrogens with one attached hydrogen (secondary N) is 4. The van der Waals surface area contributed by atoms with Crippen molar-refractivity contribution < 1.29 is 19.1 Å². The average molecular weight is 626 g/mol. The number of para-hydroxylation sites is 2. The van der Waals surface area contributed by atoms with Gasteiger partial charge in [-0.2, -0.15) is 0 Å². The summed E-state index contributed by atoms with van der Waals surface area (Å²) in [7, 11) is 0. The molecular formula is C38H35N5O4. The number of hydrogen-bond donors (Lipinski definition) is 4. The number of carbonyl (C=O) groups is 3. The Morgan fingerprint density at radius 3 is 2.40 bits per heavy atom. The number of hydrogen-bond acceptors (Lipinski definition) is 4. The maximum absolute atomic E-state index is 14.2. The van der Waals surface area contributed by atoms with Gasteiger partial charge in [-0.25, -0.2) is 0 Å². The number of nitrogens with zero attached hydrogens (tertiary/aromatic N) is 1. The summed E-state index contributed by atoms with van der Waals surface area (Å²) in [6.07, 6.45) is 0.640. The highest BCUT2D eigenvalue weighted by molar-refractivity contribution is 6.04. The molecule has 0 fully saturated rings. The topological polar surface area (TPSA) is 119 Å². The van der Waals surface area contributed by atoms with E-state index in [1.807, 2.05) is 118 Å². The number of aromatic amines is 2. The zero-order valence-electron chi connectivity index (χ0n) is 26.3. The predicted molar refractivity (Wildman–Crippen MR) is 181 cm³/mol. The number of amides is 3. The lowest BCUT2D eigenvalue weighted by molar-refractivity contribution is -0.128. The van der Waals surface area contributed by atoms with Crippen molar-refractivity contribution in [2.75, 3.05) is 0 Å². The van der Waals surface area contributed by atoms with Crippen LogP contribution in [0, 0.1) is 12.8 Å². The molecule has 4 aromatic carbocycles. The molecule has 0 aliphatic carbocycles. The third-order valence-corrected chi connectivity index (χ3v) is 9.08. The Morgan fingerprint density at radius 1 is 0.851 bits per heavy atom. The van der Waals surface area contributed by atoms with E-state index in [0.717, 1.165) is 38.6 Å². The van der Waals surface area contributed by atoms with Gasteiger partial charge in [-0.1, -0.05) is 74.9 Å². The van der Waals surface area contributed by atoms with Crippen LogP contribution in [0.4, 0.5) is 0 Å². The third-order valence-electron chi connectivity index (χ3n) is 9.08. The number of aromatic nitrogens is 2. The molecule has 3 unspecified atom stereocenters. The van der Waals surface area contributed by atoms with Crippen LogP contribution in [0.2, 0.25) is 0 Å². The van der Waals surface area contributed by atoms with Crippen LogP contribution in [0.25, 0.3) is 21.8 Å². The van der Waals surface area contributed by atoms with Crippen LogP contribution < -0.4 is 15.6 Å². The molecule has 0 saturated heterocycles. The van der Waals surface area contributed by atoms with Crippen LogP contribution in [0.1, 0.15) is 64.0 Å². The Kier molecular flexibility index (Phi) is 7.73. The normalized spacial score (nSPS) is 15.4. The van der Waals surface area contributed by atoms with Crippen molar-refractivity contribution in [2.45, 2.75) is 39.3 Å². The second kappa shape index (κ2) is 12.2. The molecule has 4 N–H and O–H groups in total. The van der Waals surface area contributed by atoms with Gasteiger partial charge in [0.1, 0.15) is 23.2 Å². The summed E-state index contributed by atoms with van der Waals surface area (Å²) in [4.78, 5) is 49.8. The number of rotatable bonds is 8. The third kappa shape index (κ3) is 5.39. The highest BCUT2D eigenvalue weighted by Gasteiger charge is 2.46. The molecule has 3 heterocycles. The van der Waals surface area contributed by atoms with Crippen molar-refractivity contribution in [2.24, 2.45) is 5.92 Å². The number of aryl methyl sites for hydroxylation is 1. The van der Waals surface area contributed by atoms with E-state index in [9.17, 15) is 14.4 Å². The molecule has 0 bridgehead atoms. The number of ether oxygens (including phenoxy) is 1. The molecule has 6 aromatic rings. The number of carbonyl (C=O) groups excluding carboxylic acids is 3. The smallest absolute Gasteiger partial charge is 0.286 e. The molecule has 0 spiro atoms. The van der Waals surface area contributed by atoms with E-state index < -0.39 is 23.9 Å². The van der Waals surface area contributed by atoms with Gasteiger partial charge >= 0.3 is 0 Å². The van der Waals surface area contributed by atoms with E-state index in [4.69, 9.17) is 4.74 Å². The SMILES string of the molecule is CCC(C)C(C(=O)NNC(=O)c1cc2cc(Oc3ccccc3)ccc2[nH]1)N1C(=O)c2ccccc2C1c1c(C)[nH]c2ccccc12. The molecule has 3 atom stereocenters. The Hall–Kier alpha value is -5.83. The first-order valence-electron chi connectivity index (χ1n) is 15.8. The Morgan fingerprint density at radius 2 is 1.60 bits per heavy atom. The standard InChI is InChI=1S/C38H35N5O4/c1-4-22(2)34(43-35(27-14-8-9-15-28(27)38(43)46)33-23(3)39-31-17-11-10-16-29(31)33)37(45)42-41-36(44)32-21-24-20-26(18-19-30(24)40-32)47-25-12-6-5-7-13-25/h5-22,34-35,39-40H,4H2,1-3H3,(H,41,44)(H,42,45). The van der Waals surface area contributed by atoms with E-state index in [2.05, 4.69) is 20.8 Å². The molecule has 9 nitrogen and oxygen atoms in total. The minimum absolute atomic E-state index is 0.214. The van der Waals surface area contributed by atoms with E-state index in [0.29, 0.717) is 23.5 Å². The summed E-state index contributed by atoms with van der Waals surface area (Å²) < 4.78 is 5.94. The Bertz CT molecular complexity index is 2130. The molecule has 2 aromatic heterocycles. The van der Waals surface area contributed by atoms with Crippen LogP contribution in [0.5, 0.6) is 11.5 Å². The maximum atomic E-state index is 14.2. The number of benzene rings is 4. The summed E-state index contributed by atoms with van der Waals surface area (Å²) in [5.41, 5.74) is 10.5. The molecule has 0 radical (unpaired) electrons. The first-order chi connectivity index (χ1) is 22.8. The van der Waals surface area contributed by atoms with Crippen LogP contribution in [0.15, 0.2) is 103 Å². The van der Waals surface area contributed by atoms with Crippen molar-refractivity contribution in [1.82, 2.24) is 25.7 Å². The van der Waals surface area contributed by atoms with Crippen LogP contribution in [0.3, 0.4) is 0 Å². The van der Waals surface area contributed by atoms with Crippen LogP contribution >= 0.6 is 0 Å². The second-order valence-electron chi connectivity index (χ2n) is 12.0. The molecule has 1 aliphatic heterocycles. The van der Waals surface area contributed by atoms with E-state index in [1.54, 1.807) is 11.0 Å². The minimum Gasteiger partial charge on any atom is -0.457 e. The van der Waals surface area contributed by atoms with Gasteiger partial charge in [0.05, 0.1) is 6.04 Å². The van der Waals surface area contributed by atoms with Crippen LogP contribution in [-0.2, 0) is 4.79 Å². The van der Waals surface area contributed by atoms with Gasteiger partial charge in [0.25, 0.3) is 17.7 Å². The average Bonchev–Trinajstić information content (AvgIpc) is 3.75. The molecular weight excluding hydrogens is 590 g/mol. The Balaban J connectivity index is 1.15. The van der Waals surface area contributed by atoms with E-state index in [-0.39, 0.29) is 17.5 Å². The van der Waals surface area contributed by atoms with E-state index in [1.165, 1.54) is 0 Å². The van der Waals surface area contributed by atoms with Gasteiger partial charge < -0.3 is 19.6 Å². The maximum Gasteiger partial charge on any atom is 0.286 e. The highest BCUT2D eigenvalue weighted by atomic mass is 16.5. The van der Waals surface area contributed by atoms with Crippen molar-refractivity contribution in [3.63, 3.8) is 0 Å². The van der Waals surface area contributed by atoms with E-state index >= 15 is 0 Å². The van der Waals surface area contributed by atoms with Gasteiger partial charge in [0.2, 0.25) is 0 Å². The zero-order valence-corrected chi connectivity index (χ0v) is 26.3. The minimum atomic E-state index is -0.862. The lowest BCUT2D eigenvalue weighted by atomic mass is 9.91. The molecule has 47 heavy (non-hydrogen) atoms. The van der Waals surface area contributed by atoms with Gasteiger partial charge in [0, 0.05) is 38.6 Å². The van der Waals surface area contributed by atoms with Gasteiger partial charge in [-0.05, 0) is 66.9 Å². The summed E-state index contributed by atoms with van der Waals surface area (Å²) in [5.74, 6) is -0.0641. The molecule has 7 rings (SSSR count). The first kappa shape index (κ1) is 29.9. The summed E-state index contributed by atoms with van der Waals surface area (Å²) in [5, 5.41) is 1.78. The van der Waals surface area contributed by atoms with Crippen molar-refractivity contribution in [3.8, 4) is 11.5 Å². The fourth-order valence-corrected chi connectivity index (χ4v) is 6.63. The molecule has 0 saturated carbocycles. The fourth-order valence-electron chi connectivity index (χ4n) is 6.63. The fraction of sp³-hybridized carbons (Fsp3) is 0.184. The highest BCUT2D eigenvalue weighted by Crippen LogP contribution is 2.45. The molecule has 236 valence electrons. The number of hydrazine groups is 1. The number of H-pyrrole nitrogens is 2. The largest absolute Gasteiger partial charge is 0.457 e. The van der Waals surface area contributed by atoms with Crippen LogP contribution in [-0.4, -0.2) is 38.6 Å². The summed E-state index contributed by atoms with van der Waals surface area (Å²) in [6, 6.07) is 30.8. The lowest BCUT2D eigenvalue weighted by Crippen LogP contribution is -2.55. The second-order valence-corrected chi connectivity index (χ2v) is 12.0. The Labute approximate surface area is 271 Å². The number of fused-ring (bicyclic) bond motifs is 3.